The number of ether oxygens (including phenoxy) is 3. The van der Waals surface area contributed by atoms with Crippen molar-refractivity contribution in [1.82, 2.24) is 4.90 Å². The normalized spacial score (nSPS) is 12.8. The Labute approximate surface area is 293 Å². The van der Waals surface area contributed by atoms with Crippen LogP contribution in [0.25, 0.3) is 10.8 Å². The van der Waals surface area contributed by atoms with E-state index < -0.39 is 35.7 Å². The van der Waals surface area contributed by atoms with Gasteiger partial charge >= 0.3 is 11.9 Å². The van der Waals surface area contributed by atoms with E-state index in [0.717, 1.165) is 38.5 Å². The van der Waals surface area contributed by atoms with Crippen LogP contribution in [0.4, 0.5) is 0 Å². The van der Waals surface area contributed by atoms with E-state index in [1.807, 2.05) is 12.1 Å². The molecule has 0 unspecified atom stereocenters. The van der Waals surface area contributed by atoms with Crippen molar-refractivity contribution < 1.29 is 33.7 Å². The van der Waals surface area contributed by atoms with E-state index in [1.165, 1.54) is 37.9 Å². The van der Waals surface area contributed by atoms with Gasteiger partial charge in [-0.2, -0.15) is 0 Å². The Hall–Kier alpha value is -3.75. The third-order valence-corrected chi connectivity index (χ3v) is 8.57. The summed E-state index contributed by atoms with van der Waals surface area (Å²) in [5, 5.41) is 13.5. The maximum Gasteiger partial charge on any atom is 0.338 e. The average molecular weight is 676 g/mol. The van der Waals surface area contributed by atoms with E-state index in [2.05, 4.69) is 62.4 Å². The predicted molar refractivity (Wildman–Crippen MR) is 194 cm³/mol. The summed E-state index contributed by atoms with van der Waals surface area (Å²) in [6.45, 7) is 11.9. The highest BCUT2D eigenvalue weighted by Gasteiger charge is 2.38. The van der Waals surface area contributed by atoms with E-state index in [4.69, 9.17) is 14.2 Å². The van der Waals surface area contributed by atoms with Crippen LogP contribution < -0.4 is 0 Å². The van der Waals surface area contributed by atoms with Gasteiger partial charge in [0.1, 0.15) is 5.60 Å². The first-order chi connectivity index (χ1) is 23.4. The molecule has 268 valence electrons. The molecule has 0 aromatic heterocycles. The maximum atomic E-state index is 14.0. The fourth-order valence-corrected chi connectivity index (χ4v) is 5.73. The SMILES string of the molecule is CCOC(=O)CCN(CCCCCc1ccc2ccccc2c1)C(=O)[C@H](OCCCCCc1ccc(C)c(C)c1)[C@@H](O)C(=O)OC(C)(C)C. The molecule has 3 aromatic rings. The Balaban J connectivity index is 1.62. The minimum atomic E-state index is -1.81. The number of aliphatic hydroxyl groups is 1. The summed E-state index contributed by atoms with van der Waals surface area (Å²) in [4.78, 5) is 40.7. The van der Waals surface area contributed by atoms with E-state index >= 15 is 0 Å². The lowest BCUT2D eigenvalue weighted by molar-refractivity contribution is -0.179. The van der Waals surface area contributed by atoms with Crippen LogP contribution in [0.15, 0.2) is 60.7 Å². The number of hydrogen-bond donors (Lipinski definition) is 1. The van der Waals surface area contributed by atoms with Crippen molar-refractivity contribution in [2.24, 2.45) is 0 Å². The molecular formula is C41H57NO7. The molecule has 0 saturated carbocycles. The van der Waals surface area contributed by atoms with Crippen LogP contribution in [0.1, 0.15) is 94.9 Å². The van der Waals surface area contributed by atoms with Gasteiger partial charge in [-0.3, -0.25) is 9.59 Å². The first-order valence-electron chi connectivity index (χ1n) is 17.9. The molecule has 2 atom stereocenters. The number of aryl methyl sites for hydroxylation is 4. The summed E-state index contributed by atoms with van der Waals surface area (Å²) >= 11 is 0. The number of carbonyl (C=O) groups excluding carboxylic acids is 3. The van der Waals surface area contributed by atoms with E-state index in [1.54, 1.807) is 27.7 Å². The Morgan fingerprint density at radius 2 is 1.43 bits per heavy atom. The molecule has 1 N–H and O–H groups in total. The summed E-state index contributed by atoms with van der Waals surface area (Å²) in [7, 11) is 0. The van der Waals surface area contributed by atoms with Gasteiger partial charge in [0.2, 0.25) is 0 Å². The molecule has 0 aliphatic carbocycles. The second-order valence-corrected chi connectivity index (χ2v) is 13.9. The van der Waals surface area contributed by atoms with Crippen molar-refractivity contribution in [1.29, 1.82) is 0 Å². The van der Waals surface area contributed by atoms with Gasteiger partial charge in [-0.05, 0) is 113 Å². The lowest BCUT2D eigenvalue weighted by atomic mass is 10.0. The molecule has 0 bridgehead atoms. The zero-order valence-electron chi connectivity index (χ0n) is 30.5. The van der Waals surface area contributed by atoms with E-state index in [0.29, 0.717) is 19.4 Å². The lowest BCUT2D eigenvalue weighted by Crippen LogP contribution is -2.51. The Morgan fingerprint density at radius 3 is 2.10 bits per heavy atom. The monoisotopic (exact) mass is 675 g/mol. The first kappa shape index (κ1) is 39.7. The summed E-state index contributed by atoms with van der Waals surface area (Å²) in [6.07, 6.45) is 3.55. The van der Waals surface area contributed by atoms with Gasteiger partial charge in [0.05, 0.1) is 13.0 Å². The van der Waals surface area contributed by atoms with Gasteiger partial charge in [-0.1, -0.05) is 73.5 Å². The summed E-state index contributed by atoms with van der Waals surface area (Å²) < 4.78 is 16.5. The predicted octanol–water partition coefficient (Wildman–Crippen LogP) is 7.45. The molecule has 0 radical (unpaired) electrons. The quantitative estimate of drug-likeness (QED) is 0.0981. The Bertz CT molecular complexity index is 1490. The number of carbonyl (C=O) groups is 3. The summed E-state index contributed by atoms with van der Waals surface area (Å²) in [5.41, 5.74) is 4.24. The van der Waals surface area contributed by atoms with Crippen LogP contribution in [-0.2, 0) is 41.4 Å². The van der Waals surface area contributed by atoms with Gasteiger partial charge < -0.3 is 24.2 Å². The van der Waals surface area contributed by atoms with Gasteiger partial charge in [-0.25, -0.2) is 4.79 Å². The number of aliphatic hydroxyl groups excluding tert-OH is 1. The highest BCUT2D eigenvalue weighted by Crippen LogP contribution is 2.19. The van der Waals surface area contributed by atoms with Gasteiger partial charge in [-0.15, -0.1) is 0 Å². The molecule has 3 rings (SSSR count). The average Bonchev–Trinajstić information content (AvgIpc) is 3.06. The molecular weight excluding hydrogens is 618 g/mol. The number of esters is 2. The Kier molecular flexibility index (Phi) is 16.2. The zero-order chi connectivity index (χ0) is 35.8. The fourth-order valence-electron chi connectivity index (χ4n) is 5.73. The molecule has 0 fully saturated rings. The van der Waals surface area contributed by atoms with Crippen molar-refractivity contribution in [3.63, 3.8) is 0 Å². The Morgan fingerprint density at radius 1 is 0.776 bits per heavy atom. The molecule has 1 amide bonds. The standard InChI is InChI=1S/C41H57NO7/c1-7-47-36(43)24-26-42(25-14-8-10-17-33-22-23-34-18-12-13-19-35(34)29-33)39(45)38(37(44)40(46)49-41(4,5)6)48-27-15-9-11-16-32-21-20-30(2)31(3)28-32/h12-13,18-23,28-29,37-38,44H,7-11,14-17,24-27H2,1-6H3/t37-,38-/m1/s1. The van der Waals surface area contributed by atoms with Crippen LogP contribution in [0.3, 0.4) is 0 Å². The minimum Gasteiger partial charge on any atom is -0.466 e. The van der Waals surface area contributed by atoms with Crippen LogP contribution in [0.2, 0.25) is 0 Å². The summed E-state index contributed by atoms with van der Waals surface area (Å²) in [6, 6.07) is 21.3. The first-order valence-corrected chi connectivity index (χ1v) is 17.9. The largest absolute Gasteiger partial charge is 0.466 e. The maximum absolute atomic E-state index is 14.0. The number of rotatable bonds is 20. The topological polar surface area (TPSA) is 102 Å². The smallest absolute Gasteiger partial charge is 0.338 e. The third kappa shape index (κ3) is 13.9. The number of nitrogens with zero attached hydrogens (tertiary/aromatic N) is 1. The fraction of sp³-hybridized carbons (Fsp3) is 0.537. The van der Waals surface area contributed by atoms with Crippen molar-refractivity contribution in [2.45, 2.75) is 117 Å². The molecule has 3 aromatic carbocycles. The van der Waals surface area contributed by atoms with E-state index in [9.17, 15) is 19.5 Å². The molecule has 0 aliphatic rings. The summed E-state index contributed by atoms with van der Waals surface area (Å²) in [5.74, 6) is -1.86. The van der Waals surface area contributed by atoms with Gasteiger partial charge in [0, 0.05) is 19.7 Å². The second kappa shape index (κ2) is 20.1. The van der Waals surface area contributed by atoms with Gasteiger partial charge in [0.25, 0.3) is 5.91 Å². The number of fused-ring (bicyclic) bond motifs is 1. The number of unbranched alkanes of at least 4 members (excludes halogenated alkanes) is 4. The minimum absolute atomic E-state index is 0.00437. The van der Waals surface area contributed by atoms with Crippen molar-refractivity contribution in [2.75, 3.05) is 26.3 Å². The van der Waals surface area contributed by atoms with Crippen molar-refractivity contribution in [3.8, 4) is 0 Å². The molecule has 49 heavy (non-hydrogen) atoms. The lowest BCUT2D eigenvalue weighted by Gasteiger charge is -2.30. The number of benzene rings is 3. The van der Waals surface area contributed by atoms with Crippen LogP contribution >= 0.6 is 0 Å². The molecule has 0 saturated heterocycles. The highest BCUT2D eigenvalue weighted by molar-refractivity contribution is 5.89. The molecule has 8 nitrogen and oxygen atoms in total. The van der Waals surface area contributed by atoms with Crippen LogP contribution in [-0.4, -0.2) is 72.0 Å². The van der Waals surface area contributed by atoms with Crippen molar-refractivity contribution >= 4 is 28.6 Å². The van der Waals surface area contributed by atoms with Gasteiger partial charge in [0.15, 0.2) is 12.2 Å². The van der Waals surface area contributed by atoms with E-state index in [-0.39, 0.29) is 26.2 Å². The molecule has 8 heteroatoms. The number of amides is 1. The zero-order valence-corrected chi connectivity index (χ0v) is 30.5. The molecule has 0 aliphatic heterocycles. The molecule has 0 spiro atoms. The molecule has 0 heterocycles. The highest BCUT2D eigenvalue weighted by atomic mass is 16.6. The number of hydrogen-bond acceptors (Lipinski definition) is 7. The van der Waals surface area contributed by atoms with Crippen molar-refractivity contribution in [3.05, 3.63) is 82.9 Å². The van der Waals surface area contributed by atoms with Crippen LogP contribution in [0.5, 0.6) is 0 Å². The van der Waals surface area contributed by atoms with Crippen LogP contribution in [0, 0.1) is 13.8 Å². The third-order valence-electron chi connectivity index (χ3n) is 8.57. The second-order valence-electron chi connectivity index (χ2n) is 13.9.